The minimum absolute atomic E-state index is 0.0610. The molecule has 1 fully saturated rings. The van der Waals surface area contributed by atoms with Crippen LogP contribution in [0.25, 0.3) is 0 Å². The van der Waals surface area contributed by atoms with Crippen molar-refractivity contribution in [2.75, 3.05) is 23.3 Å². The van der Waals surface area contributed by atoms with Crippen molar-refractivity contribution < 1.29 is 9.59 Å². The minimum atomic E-state index is -0.269. The first kappa shape index (κ1) is 18.9. The van der Waals surface area contributed by atoms with Crippen LogP contribution >= 0.6 is 0 Å². The summed E-state index contributed by atoms with van der Waals surface area (Å²) in [5.74, 6) is -0.530. The van der Waals surface area contributed by atoms with E-state index in [-0.39, 0.29) is 23.6 Å². The Labute approximate surface area is 160 Å². The maximum atomic E-state index is 12.5. The van der Waals surface area contributed by atoms with Crippen molar-refractivity contribution in [1.82, 2.24) is 10.3 Å². The molecule has 1 aliphatic heterocycles. The van der Waals surface area contributed by atoms with Crippen LogP contribution < -0.4 is 15.5 Å². The van der Waals surface area contributed by atoms with Crippen LogP contribution in [0.3, 0.4) is 0 Å². The van der Waals surface area contributed by atoms with Gasteiger partial charge in [0.25, 0.3) is 11.8 Å². The van der Waals surface area contributed by atoms with E-state index in [1.54, 1.807) is 6.07 Å². The molecule has 1 saturated heterocycles. The zero-order chi connectivity index (χ0) is 19.2. The highest BCUT2D eigenvalue weighted by Gasteiger charge is 2.15. The van der Waals surface area contributed by atoms with Crippen LogP contribution in [0.15, 0.2) is 42.6 Å². The van der Waals surface area contributed by atoms with E-state index in [0.717, 1.165) is 25.2 Å². The number of pyridine rings is 1. The van der Waals surface area contributed by atoms with Crippen LogP contribution in [0, 0.1) is 0 Å². The summed E-state index contributed by atoms with van der Waals surface area (Å²) in [6.45, 7) is 6.10. The molecule has 2 N–H and O–H groups in total. The molecule has 6 nitrogen and oxygen atoms in total. The Morgan fingerprint density at radius 3 is 2.48 bits per heavy atom. The molecule has 6 heteroatoms. The van der Waals surface area contributed by atoms with E-state index in [2.05, 4.69) is 20.5 Å². The van der Waals surface area contributed by atoms with E-state index in [9.17, 15) is 9.59 Å². The summed E-state index contributed by atoms with van der Waals surface area (Å²) >= 11 is 0. The lowest BCUT2D eigenvalue weighted by atomic mass is 10.2. The third-order valence-corrected chi connectivity index (χ3v) is 4.84. The van der Waals surface area contributed by atoms with Gasteiger partial charge in [0.15, 0.2) is 0 Å². The second kappa shape index (κ2) is 8.66. The number of hydrogen-bond donors (Lipinski definition) is 2. The van der Waals surface area contributed by atoms with E-state index < -0.39 is 0 Å². The van der Waals surface area contributed by atoms with Crippen LogP contribution in [0.5, 0.6) is 0 Å². The van der Waals surface area contributed by atoms with Gasteiger partial charge in [-0.15, -0.1) is 0 Å². The normalized spacial score (nSPS) is 14.7. The maximum absolute atomic E-state index is 12.5. The Morgan fingerprint density at radius 1 is 1.11 bits per heavy atom. The third-order valence-electron chi connectivity index (χ3n) is 4.84. The highest BCUT2D eigenvalue weighted by atomic mass is 16.2. The van der Waals surface area contributed by atoms with Gasteiger partial charge in [-0.3, -0.25) is 14.6 Å². The molecule has 1 aliphatic rings. The van der Waals surface area contributed by atoms with E-state index in [1.165, 1.54) is 30.8 Å². The number of anilines is 2. The number of carbonyl (C=O) groups is 2. The summed E-state index contributed by atoms with van der Waals surface area (Å²) in [5, 5.41) is 5.73. The molecule has 0 radical (unpaired) electrons. The number of carbonyl (C=O) groups excluding carboxylic acids is 2. The van der Waals surface area contributed by atoms with Gasteiger partial charge in [-0.1, -0.05) is 6.92 Å². The van der Waals surface area contributed by atoms with Crippen molar-refractivity contribution in [2.45, 2.75) is 39.2 Å². The van der Waals surface area contributed by atoms with Crippen LogP contribution in [-0.4, -0.2) is 35.9 Å². The van der Waals surface area contributed by atoms with Crippen molar-refractivity contribution >= 4 is 23.2 Å². The quantitative estimate of drug-likeness (QED) is 0.821. The highest BCUT2D eigenvalue weighted by Crippen LogP contribution is 2.22. The Hall–Kier alpha value is -2.89. The van der Waals surface area contributed by atoms with Crippen LogP contribution in [0.2, 0.25) is 0 Å². The van der Waals surface area contributed by atoms with Crippen molar-refractivity contribution in [3.05, 3.63) is 53.9 Å². The molecule has 142 valence electrons. The maximum Gasteiger partial charge on any atom is 0.270 e. The predicted molar refractivity (Wildman–Crippen MR) is 107 cm³/mol. The van der Waals surface area contributed by atoms with Gasteiger partial charge < -0.3 is 15.5 Å². The first-order valence-corrected chi connectivity index (χ1v) is 9.50. The summed E-state index contributed by atoms with van der Waals surface area (Å²) < 4.78 is 0. The number of amides is 2. The van der Waals surface area contributed by atoms with Gasteiger partial charge in [0, 0.05) is 42.3 Å². The van der Waals surface area contributed by atoms with Gasteiger partial charge in [0.05, 0.1) is 0 Å². The smallest absolute Gasteiger partial charge is 0.270 e. The van der Waals surface area contributed by atoms with Crippen LogP contribution in [0.4, 0.5) is 11.4 Å². The van der Waals surface area contributed by atoms with Gasteiger partial charge in [-0.05, 0) is 62.6 Å². The largest absolute Gasteiger partial charge is 0.372 e. The number of benzene rings is 1. The van der Waals surface area contributed by atoms with Gasteiger partial charge >= 0.3 is 0 Å². The highest BCUT2D eigenvalue weighted by molar-refractivity contribution is 6.05. The lowest BCUT2D eigenvalue weighted by Gasteiger charge is -2.17. The molecule has 2 amide bonds. The van der Waals surface area contributed by atoms with Gasteiger partial charge in [0.2, 0.25) is 0 Å². The summed E-state index contributed by atoms with van der Waals surface area (Å²) in [5.41, 5.74) is 2.55. The van der Waals surface area contributed by atoms with Crippen molar-refractivity contribution in [2.24, 2.45) is 0 Å². The second-order valence-electron chi connectivity index (χ2n) is 6.91. The Balaban J connectivity index is 1.65. The molecule has 2 heterocycles. The molecule has 0 aliphatic carbocycles. The molecular formula is C21H26N4O2. The average molecular weight is 366 g/mol. The molecule has 3 rings (SSSR count). The van der Waals surface area contributed by atoms with Crippen molar-refractivity contribution in [1.29, 1.82) is 0 Å². The summed E-state index contributed by atoms with van der Waals surface area (Å²) in [6, 6.07) is 11.1. The van der Waals surface area contributed by atoms with E-state index in [0.29, 0.717) is 5.56 Å². The average Bonchev–Trinajstić information content (AvgIpc) is 3.23. The fourth-order valence-electron chi connectivity index (χ4n) is 3.03. The van der Waals surface area contributed by atoms with Crippen LogP contribution in [-0.2, 0) is 0 Å². The fraction of sp³-hybridized carbons (Fsp3) is 0.381. The number of hydrogen-bond acceptors (Lipinski definition) is 4. The van der Waals surface area contributed by atoms with Crippen LogP contribution in [0.1, 0.15) is 54.0 Å². The first-order valence-electron chi connectivity index (χ1n) is 9.50. The van der Waals surface area contributed by atoms with E-state index in [1.807, 2.05) is 38.1 Å². The zero-order valence-electron chi connectivity index (χ0n) is 15.9. The molecule has 1 aromatic heterocycles. The summed E-state index contributed by atoms with van der Waals surface area (Å²) in [6.07, 6.45) is 4.78. The van der Waals surface area contributed by atoms with Crippen molar-refractivity contribution in [3.8, 4) is 0 Å². The monoisotopic (exact) mass is 366 g/mol. The standard InChI is InChI=1S/C21H26N4O2/c1-3-15(2)23-21(27)19-14-16(10-11-22-19)20(26)24-17-6-8-18(9-7-17)25-12-4-5-13-25/h6-11,14-15H,3-5,12-13H2,1-2H3,(H,23,27)(H,24,26). The predicted octanol–water partition coefficient (Wildman–Crippen LogP) is 3.46. The number of nitrogens with zero attached hydrogens (tertiary/aromatic N) is 2. The lowest BCUT2D eigenvalue weighted by molar-refractivity contribution is 0.0934. The molecule has 1 aromatic carbocycles. The van der Waals surface area contributed by atoms with Gasteiger partial charge in [-0.2, -0.15) is 0 Å². The van der Waals surface area contributed by atoms with E-state index >= 15 is 0 Å². The van der Waals surface area contributed by atoms with Gasteiger partial charge in [0.1, 0.15) is 5.69 Å². The summed E-state index contributed by atoms with van der Waals surface area (Å²) in [4.78, 5) is 31.1. The van der Waals surface area contributed by atoms with Crippen molar-refractivity contribution in [3.63, 3.8) is 0 Å². The Kier molecular flexibility index (Phi) is 6.06. The number of aromatic nitrogens is 1. The molecule has 1 atom stereocenters. The van der Waals surface area contributed by atoms with Gasteiger partial charge in [-0.25, -0.2) is 0 Å². The zero-order valence-corrected chi connectivity index (χ0v) is 15.9. The molecule has 0 spiro atoms. The molecule has 0 bridgehead atoms. The number of nitrogens with one attached hydrogen (secondary N) is 2. The second-order valence-corrected chi connectivity index (χ2v) is 6.91. The molecule has 1 unspecified atom stereocenters. The first-order chi connectivity index (χ1) is 13.1. The third kappa shape index (κ3) is 4.84. The molecular weight excluding hydrogens is 340 g/mol. The molecule has 0 saturated carbocycles. The fourth-order valence-corrected chi connectivity index (χ4v) is 3.03. The SMILES string of the molecule is CCC(C)NC(=O)c1cc(C(=O)Nc2ccc(N3CCCC3)cc2)ccn1. The summed E-state index contributed by atoms with van der Waals surface area (Å²) in [7, 11) is 0. The molecule has 2 aromatic rings. The minimum Gasteiger partial charge on any atom is -0.372 e. The topological polar surface area (TPSA) is 74.3 Å². The molecule has 27 heavy (non-hydrogen) atoms. The lowest BCUT2D eigenvalue weighted by Crippen LogP contribution is -2.32. The Bertz CT molecular complexity index is 798. The Morgan fingerprint density at radius 2 is 1.81 bits per heavy atom. The van der Waals surface area contributed by atoms with E-state index in [4.69, 9.17) is 0 Å². The number of rotatable bonds is 6.